The lowest BCUT2D eigenvalue weighted by Crippen LogP contribution is -1.95. The summed E-state index contributed by atoms with van der Waals surface area (Å²) in [7, 11) is 0. The fourth-order valence-corrected chi connectivity index (χ4v) is 18.0. The maximum absolute atomic E-state index is 5.47. The highest BCUT2D eigenvalue weighted by atomic mass is 32.1. The SMILES string of the molecule is CCCCc1c(-c2ccc3ccc4cccnc4c3n2)sc(-c2ccc(-c3sc(-c4ccc(-c5sc(-c6ccc7ccc8cccnc8c7n6)c(CCCC)c5CCCC)s4)c(CCCC)c3CCCC)s2)c1CCCC. The number of thiophene rings is 5. The molecule has 11 aromatic rings. The van der Waals surface area contributed by atoms with Crippen molar-refractivity contribution in [1.29, 1.82) is 0 Å². The molecule has 0 N–H and O–H groups in total. The first-order chi connectivity index (χ1) is 37.9. The van der Waals surface area contributed by atoms with Gasteiger partial charge in [-0.05, 0) is 159 Å². The summed E-state index contributed by atoms with van der Waals surface area (Å²) in [4.78, 5) is 34.8. The summed E-state index contributed by atoms with van der Waals surface area (Å²) in [6.07, 6.45) is 24.5. The minimum Gasteiger partial charge on any atom is -0.254 e. The van der Waals surface area contributed by atoms with Gasteiger partial charge in [0.2, 0.25) is 0 Å². The zero-order chi connectivity index (χ0) is 52.8. The minimum atomic E-state index is 0.981. The predicted molar refractivity (Wildman–Crippen MR) is 341 cm³/mol. The second-order valence-corrected chi connectivity index (χ2v) is 26.1. The van der Waals surface area contributed by atoms with E-state index in [1.54, 1.807) is 22.3 Å². The minimum absolute atomic E-state index is 0.981. The molecule has 0 bridgehead atoms. The Bertz CT molecular complexity index is 3580. The van der Waals surface area contributed by atoms with E-state index in [0.717, 1.165) is 93.5 Å². The van der Waals surface area contributed by atoms with Gasteiger partial charge in [-0.3, -0.25) is 9.97 Å². The van der Waals surface area contributed by atoms with Gasteiger partial charge in [-0.15, -0.1) is 56.7 Å². The molecule has 0 radical (unpaired) electrons. The van der Waals surface area contributed by atoms with Gasteiger partial charge in [0.15, 0.2) is 0 Å². The first kappa shape index (κ1) is 53.6. The number of unbranched alkanes of at least 4 members (excludes halogenated alkanes) is 6. The van der Waals surface area contributed by atoms with Gasteiger partial charge in [-0.2, -0.15) is 0 Å². The maximum atomic E-state index is 5.47. The molecular formula is C68H72N4S5. The lowest BCUT2D eigenvalue weighted by atomic mass is 9.96. The normalized spacial score (nSPS) is 11.9. The predicted octanol–water partition coefficient (Wildman–Crippen LogP) is 22.2. The highest BCUT2D eigenvalue weighted by Gasteiger charge is 2.27. The van der Waals surface area contributed by atoms with E-state index >= 15 is 0 Å². The van der Waals surface area contributed by atoms with E-state index in [1.807, 2.05) is 69.9 Å². The van der Waals surface area contributed by atoms with Crippen LogP contribution in [0.4, 0.5) is 0 Å². The van der Waals surface area contributed by atoms with Gasteiger partial charge in [-0.1, -0.05) is 129 Å². The van der Waals surface area contributed by atoms with Crippen molar-refractivity contribution in [2.24, 2.45) is 0 Å². The van der Waals surface area contributed by atoms with Crippen LogP contribution in [-0.4, -0.2) is 19.9 Å². The van der Waals surface area contributed by atoms with Crippen molar-refractivity contribution < 1.29 is 0 Å². The molecular weight excluding hydrogens is 1030 g/mol. The van der Waals surface area contributed by atoms with E-state index in [0.29, 0.717) is 0 Å². The summed E-state index contributed by atoms with van der Waals surface area (Å²) < 4.78 is 0. The smallest absolute Gasteiger partial charge is 0.0972 e. The third kappa shape index (κ3) is 10.9. The molecule has 0 saturated heterocycles. The Morgan fingerprint density at radius 2 is 0.558 bits per heavy atom. The quantitative estimate of drug-likeness (QED) is 0.0566. The zero-order valence-electron chi connectivity index (χ0n) is 46.0. The average molecular weight is 1110 g/mol. The molecule has 2 aromatic carbocycles. The van der Waals surface area contributed by atoms with Crippen molar-refractivity contribution in [3.05, 3.63) is 143 Å². The number of fused-ring (bicyclic) bond motifs is 6. The zero-order valence-corrected chi connectivity index (χ0v) is 50.0. The Hall–Kier alpha value is -5.42. The van der Waals surface area contributed by atoms with Gasteiger partial charge in [-0.25, -0.2) is 9.97 Å². The topological polar surface area (TPSA) is 51.6 Å². The van der Waals surface area contributed by atoms with E-state index in [9.17, 15) is 0 Å². The molecule has 0 aliphatic rings. The summed E-state index contributed by atoms with van der Waals surface area (Å²) >= 11 is 10.1. The maximum Gasteiger partial charge on any atom is 0.0972 e. The van der Waals surface area contributed by atoms with Gasteiger partial charge < -0.3 is 0 Å². The van der Waals surface area contributed by atoms with E-state index in [4.69, 9.17) is 19.9 Å². The van der Waals surface area contributed by atoms with E-state index in [2.05, 4.69) is 138 Å². The van der Waals surface area contributed by atoms with Crippen molar-refractivity contribution in [2.45, 2.75) is 157 Å². The van der Waals surface area contributed by atoms with Crippen LogP contribution in [-0.2, 0) is 38.5 Å². The first-order valence-corrected chi connectivity index (χ1v) is 33.0. The highest BCUT2D eigenvalue weighted by molar-refractivity contribution is 7.30. The number of benzene rings is 2. The molecule has 77 heavy (non-hydrogen) atoms. The van der Waals surface area contributed by atoms with Crippen LogP contribution in [0.15, 0.2) is 109 Å². The molecule has 0 aliphatic heterocycles. The van der Waals surface area contributed by atoms with E-state index < -0.39 is 0 Å². The molecule has 11 rings (SSSR count). The molecule has 0 amide bonds. The van der Waals surface area contributed by atoms with E-state index in [-0.39, 0.29) is 0 Å². The standard InChI is InChI=1S/C68H72N4S5/c1-7-13-23-47-49(25-15-9-3)65(75-63(47)53-35-33-45-31-29-43-21-19-41-69-59(43)61(45)71-53)55-37-39-57(73-55)67-51(27-17-11-5)52(28-18-12-6)68(77-67)58-40-38-56(74-58)66-50(26-16-10-4)48(24-14-8-2)64(76-66)54-36-34-46-32-30-44-22-20-42-70-60(44)62(46)72-54/h19-22,29-42H,7-18,23-28H2,1-6H3. The Labute approximate surface area is 476 Å². The van der Waals surface area contributed by atoms with Crippen molar-refractivity contribution in [2.75, 3.05) is 0 Å². The second kappa shape index (κ2) is 24.7. The summed E-state index contributed by atoms with van der Waals surface area (Å²) in [6, 6.07) is 36.0. The van der Waals surface area contributed by atoms with Crippen LogP contribution in [0, 0.1) is 0 Å². The Balaban J connectivity index is 1.01. The van der Waals surface area contributed by atoms with Crippen molar-refractivity contribution in [3.8, 4) is 60.2 Å². The van der Waals surface area contributed by atoms with Crippen molar-refractivity contribution in [1.82, 2.24) is 19.9 Å². The number of pyridine rings is 4. The number of aromatic nitrogens is 4. The lowest BCUT2D eigenvalue weighted by molar-refractivity contribution is 0.763. The number of nitrogens with zero attached hydrogens (tertiary/aromatic N) is 4. The van der Waals surface area contributed by atoms with Crippen LogP contribution in [0.3, 0.4) is 0 Å². The molecule has 0 spiro atoms. The summed E-state index contributed by atoms with van der Waals surface area (Å²) in [5, 5.41) is 4.55. The van der Waals surface area contributed by atoms with Gasteiger partial charge in [0, 0.05) is 73.0 Å². The average Bonchev–Trinajstić information content (AvgIpc) is 4.42. The summed E-state index contributed by atoms with van der Waals surface area (Å²) in [5.41, 5.74) is 15.4. The van der Waals surface area contributed by atoms with Gasteiger partial charge in [0.1, 0.15) is 0 Å². The van der Waals surface area contributed by atoms with E-state index in [1.165, 1.54) is 137 Å². The second-order valence-electron chi connectivity index (χ2n) is 20.9. The molecule has 0 atom stereocenters. The van der Waals surface area contributed by atoms with Gasteiger partial charge >= 0.3 is 0 Å². The third-order valence-electron chi connectivity index (χ3n) is 15.5. The summed E-state index contributed by atoms with van der Waals surface area (Å²) in [6.45, 7) is 14.0. The Morgan fingerprint density at radius 1 is 0.286 bits per heavy atom. The number of rotatable bonds is 24. The molecule has 0 fully saturated rings. The molecule has 394 valence electrons. The molecule has 0 saturated carbocycles. The van der Waals surface area contributed by atoms with Crippen LogP contribution in [0.5, 0.6) is 0 Å². The molecule has 9 heterocycles. The van der Waals surface area contributed by atoms with Gasteiger partial charge in [0.05, 0.1) is 43.2 Å². The molecule has 9 aromatic heterocycles. The molecule has 0 aliphatic carbocycles. The monoisotopic (exact) mass is 1100 g/mol. The fraction of sp³-hybridized carbons (Fsp3) is 0.353. The fourth-order valence-electron chi connectivity index (χ4n) is 11.3. The number of hydrogen-bond acceptors (Lipinski definition) is 9. The first-order valence-electron chi connectivity index (χ1n) is 28.9. The van der Waals surface area contributed by atoms with Crippen LogP contribution in [0.1, 0.15) is 152 Å². The molecule has 9 heteroatoms. The Morgan fingerprint density at radius 3 is 0.870 bits per heavy atom. The summed E-state index contributed by atoms with van der Waals surface area (Å²) in [5.74, 6) is 0. The van der Waals surface area contributed by atoms with Gasteiger partial charge in [0.25, 0.3) is 0 Å². The highest BCUT2D eigenvalue weighted by Crippen LogP contribution is 2.53. The van der Waals surface area contributed by atoms with Crippen LogP contribution < -0.4 is 0 Å². The van der Waals surface area contributed by atoms with Crippen LogP contribution in [0.25, 0.3) is 104 Å². The van der Waals surface area contributed by atoms with Crippen LogP contribution >= 0.6 is 56.7 Å². The van der Waals surface area contributed by atoms with Crippen molar-refractivity contribution >= 4 is 100 Å². The Kier molecular flexibility index (Phi) is 17.2. The largest absolute Gasteiger partial charge is 0.254 e. The number of hydrogen-bond donors (Lipinski definition) is 0. The lowest BCUT2D eigenvalue weighted by Gasteiger charge is -2.10. The van der Waals surface area contributed by atoms with Crippen LogP contribution in [0.2, 0.25) is 0 Å². The van der Waals surface area contributed by atoms with Crippen molar-refractivity contribution in [3.63, 3.8) is 0 Å². The molecule has 4 nitrogen and oxygen atoms in total. The molecule has 0 unspecified atom stereocenters. The third-order valence-corrected chi connectivity index (χ3v) is 22.2.